The number of aromatic hydroxyl groups is 1. The maximum atomic E-state index is 9.26. The van der Waals surface area contributed by atoms with Crippen molar-refractivity contribution < 1.29 is 5.11 Å². The molecule has 2 heteroatoms. The van der Waals surface area contributed by atoms with E-state index in [4.69, 9.17) is 0 Å². The third kappa shape index (κ3) is 2.15. The molecule has 0 bridgehead atoms. The molecule has 2 rings (SSSR count). The Hall–Kier alpha value is -1.02. The summed E-state index contributed by atoms with van der Waals surface area (Å²) >= 11 is 0. The SMILES string of the molecule is CC(C)C1NCC[C@H]1c1ccc(O)cc1. The van der Waals surface area contributed by atoms with Crippen LogP contribution in [0.1, 0.15) is 31.7 Å². The Labute approximate surface area is 91.3 Å². The van der Waals surface area contributed by atoms with Crippen molar-refractivity contribution in [2.45, 2.75) is 32.2 Å². The Morgan fingerprint density at radius 1 is 1.27 bits per heavy atom. The molecule has 1 unspecified atom stereocenters. The molecule has 2 atom stereocenters. The highest BCUT2D eigenvalue weighted by molar-refractivity contribution is 5.30. The van der Waals surface area contributed by atoms with Crippen LogP contribution in [0.2, 0.25) is 0 Å². The average Bonchev–Trinajstić information content (AvgIpc) is 2.67. The predicted octanol–water partition coefficient (Wildman–Crippen LogP) is 2.49. The van der Waals surface area contributed by atoms with Gasteiger partial charge >= 0.3 is 0 Å². The molecule has 1 aliphatic heterocycles. The zero-order chi connectivity index (χ0) is 10.8. The van der Waals surface area contributed by atoms with E-state index in [1.54, 1.807) is 12.1 Å². The van der Waals surface area contributed by atoms with Crippen LogP contribution >= 0.6 is 0 Å². The van der Waals surface area contributed by atoms with Gasteiger partial charge in [0.2, 0.25) is 0 Å². The van der Waals surface area contributed by atoms with Crippen molar-refractivity contribution in [3.05, 3.63) is 29.8 Å². The molecular weight excluding hydrogens is 186 g/mol. The highest BCUT2D eigenvalue weighted by Gasteiger charge is 2.29. The van der Waals surface area contributed by atoms with Crippen molar-refractivity contribution in [3.8, 4) is 5.75 Å². The summed E-state index contributed by atoms with van der Waals surface area (Å²) in [5.41, 5.74) is 1.34. The minimum Gasteiger partial charge on any atom is -0.508 e. The average molecular weight is 205 g/mol. The maximum absolute atomic E-state index is 9.26. The zero-order valence-corrected chi connectivity index (χ0v) is 9.40. The second kappa shape index (κ2) is 4.23. The molecule has 1 fully saturated rings. The van der Waals surface area contributed by atoms with Crippen molar-refractivity contribution >= 4 is 0 Å². The van der Waals surface area contributed by atoms with Crippen LogP contribution in [-0.2, 0) is 0 Å². The summed E-state index contributed by atoms with van der Waals surface area (Å²) < 4.78 is 0. The van der Waals surface area contributed by atoms with Crippen molar-refractivity contribution in [3.63, 3.8) is 0 Å². The van der Waals surface area contributed by atoms with Gasteiger partial charge in [-0.25, -0.2) is 0 Å². The molecule has 82 valence electrons. The molecule has 1 heterocycles. The monoisotopic (exact) mass is 205 g/mol. The lowest BCUT2D eigenvalue weighted by Gasteiger charge is -2.23. The normalized spacial score (nSPS) is 26.1. The van der Waals surface area contributed by atoms with Gasteiger partial charge in [0.25, 0.3) is 0 Å². The summed E-state index contributed by atoms with van der Waals surface area (Å²) in [6.07, 6.45) is 1.20. The molecule has 1 aliphatic rings. The number of hydrogen-bond donors (Lipinski definition) is 2. The summed E-state index contributed by atoms with van der Waals surface area (Å²) in [6.45, 7) is 5.63. The fourth-order valence-corrected chi connectivity index (χ4v) is 2.52. The number of hydrogen-bond acceptors (Lipinski definition) is 2. The van der Waals surface area contributed by atoms with Crippen LogP contribution < -0.4 is 5.32 Å². The van der Waals surface area contributed by atoms with Crippen LogP contribution in [0.15, 0.2) is 24.3 Å². The molecule has 1 aromatic carbocycles. The lowest BCUT2D eigenvalue weighted by molar-refractivity contribution is 0.415. The third-order valence-corrected chi connectivity index (χ3v) is 3.31. The molecular formula is C13H19NO. The Balaban J connectivity index is 2.19. The van der Waals surface area contributed by atoms with E-state index >= 15 is 0 Å². The third-order valence-electron chi connectivity index (χ3n) is 3.31. The van der Waals surface area contributed by atoms with E-state index in [2.05, 4.69) is 19.2 Å². The number of phenolic OH excluding ortho intramolecular Hbond substituents is 1. The first-order valence-corrected chi connectivity index (χ1v) is 5.71. The summed E-state index contributed by atoms with van der Waals surface area (Å²) in [7, 11) is 0. The topological polar surface area (TPSA) is 32.3 Å². The first kappa shape index (κ1) is 10.5. The quantitative estimate of drug-likeness (QED) is 0.777. The van der Waals surface area contributed by atoms with Crippen molar-refractivity contribution in [2.75, 3.05) is 6.54 Å². The summed E-state index contributed by atoms with van der Waals surface area (Å²) in [5.74, 6) is 1.61. The van der Waals surface area contributed by atoms with Gasteiger partial charge in [-0.3, -0.25) is 0 Å². The summed E-state index contributed by atoms with van der Waals surface area (Å²) in [4.78, 5) is 0. The van der Waals surface area contributed by atoms with Gasteiger partial charge in [-0.1, -0.05) is 26.0 Å². The molecule has 15 heavy (non-hydrogen) atoms. The lowest BCUT2D eigenvalue weighted by Crippen LogP contribution is -2.31. The Bertz CT molecular complexity index is 318. The highest BCUT2D eigenvalue weighted by Crippen LogP contribution is 2.32. The molecule has 0 saturated carbocycles. The van der Waals surface area contributed by atoms with Gasteiger partial charge in [0.05, 0.1) is 0 Å². The minimum atomic E-state index is 0.353. The van der Waals surface area contributed by atoms with E-state index in [9.17, 15) is 5.11 Å². The minimum absolute atomic E-state index is 0.353. The van der Waals surface area contributed by atoms with E-state index in [0.717, 1.165) is 6.54 Å². The highest BCUT2D eigenvalue weighted by atomic mass is 16.3. The first-order chi connectivity index (χ1) is 7.18. The molecule has 2 nitrogen and oxygen atoms in total. The van der Waals surface area contributed by atoms with Crippen LogP contribution in [0, 0.1) is 5.92 Å². The number of rotatable bonds is 2. The maximum Gasteiger partial charge on any atom is 0.115 e. The molecule has 0 amide bonds. The van der Waals surface area contributed by atoms with Crippen LogP contribution in [-0.4, -0.2) is 17.7 Å². The van der Waals surface area contributed by atoms with Gasteiger partial charge in [-0.05, 0) is 36.6 Å². The van der Waals surface area contributed by atoms with E-state index in [-0.39, 0.29) is 0 Å². The summed E-state index contributed by atoms with van der Waals surface area (Å²) in [5, 5.41) is 12.8. The number of phenols is 1. The van der Waals surface area contributed by atoms with Gasteiger partial charge in [0.1, 0.15) is 5.75 Å². The molecule has 1 aromatic rings. The van der Waals surface area contributed by atoms with E-state index in [0.29, 0.717) is 23.6 Å². The van der Waals surface area contributed by atoms with Crippen molar-refractivity contribution in [1.82, 2.24) is 5.32 Å². The predicted molar refractivity (Wildman–Crippen MR) is 62.1 cm³/mol. The largest absolute Gasteiger partial charge is 0.508 e. The van der Waals surface area contributed by atoms with Gasteiger partial charge in [0, 0.05) is 12.0 Å². The lowest BCUT2D eigenvalue weighted by atomic mass is 9.86. The summed E-state index contributed by atoms with van der Waals surface area (Å²) in [6, 6.07) is 8.23. The van der Waals surface area contributed by atoms with E-state index in [1.807, 2.05) is 12.1 Å². The van der Waals surface area contributed by atoms with Gasteiger partial charge in [-0.2, -0.15) is 0 Å². The fraction of sp³-hybridized carbons (Fsp3) is 0.538. The van der Waals surface area contributed by atoms with Gasteiger partial charge in [0.15, 0.2) is 0 Å². The molecule has 0 spiro atoms. The van der Waals surface area contributed by atoms with Crippen LogP contribution in [0.25, 0.3) is 0 Å². The molecule has 0 aliphatic carbocycles. The van der Waals surface area contributed by atoms with Crippen LogP contribution in [0.5, 0.6) is 5.75 Å². The molecule has 0 aromatic heterocycles. The number of benzene rings is 1. The Morgan fingerprint density at radius 2 is 1.93 bits per heavy atom. The van der Waals surface area contributed by atoms with E-state index < -0.39 is 0 Å². The van der Waals surface area contributed by atoms with E-state index in [1.165, 1.54) is 12.0 Å². The zero-order valence-electron chi connectivity index (χ0n) is 9.40. The smallest absolute Gasteiger partial charge is 0.115 e. The Kier molecular flexibility index (Phi) is 2.96. The molecule has 2 N–H and O–H groups in total. The fourth-order valence-electron chi connectivity index (χ4n) is 2.52. The van der Waals surface area contributed by atoms with Gasteiger partial charge in [-0.15, -0.1) is 0 Å². The second-order valence-electron chi connectivity index (χ2n) is 4.71. The van der Waals surface area contributed by atoms with Crippen LogP contribution in [0.3, 0.4) is 0 Å². The van der Waals surface area contributed by atoms with Crippen LogP contribution in [0.4, 0.5) is 0 Å². The molecule has 1 saturated heterocycles. The Morgan fingerprint density at radius 3 is 2.53 bits per heavy atom. The van der Waals surface area contributed by atoms with Gasteiger partial charge < -0.3 is 10.4 Å². The molecule has 0 radical (unpaired) electrons. The standard InChI is InChI=1S/C13H19NO/c1-9(2)13-12(7-8-14-13)10-3-5-11(15)6-4-10/h3-6,9,12-15H,7-8H2,1-2H3/t12-,13?/m0/s1. The first-order valence-electron chi connectivity index (χ1n) is 5.71. The van der Waals surface area contributed by atoms with Crippen molar-refractivity contribution in [2.24, 2.45) is 5.92 Å². The number of nitrogens with one attached hydrogen (secondary N) is 1. The van der Waals surface area contributed by atoms with Crippen molar-refractivity contribution in [1.29, 1.82) is 0 Å². The second-order valence-corrected chi connectivity index (χ2v) is 4.71.